The SMILES string of the molecule is CC(CC(=O)NCc1ccco1)=NNC(=O)COc1cc(C)c(Br)cc1Br. The maximum absolute atomic E-state index is 11.9. The van der Waals surface area contributed by atoms with Gasteiger partial charge in [0.05, 0.1) is 23.7 Å². The minimum absolute atomic E-state index is 0.0688. The second-order valence-electron chi connectivity index (χ2n) is 5.74. The highest BCUT2D eigenvalue weighted by Gasteiger charge is 2.09. The molecule has 0 radical (unpaired) electrons. The molecule has 0 fully saturated rings. The van der Waals surface area contributed by atoms with Crippen molar-refractivity contribution < 1.29 is 18.7 Å². The molecule has 0 atom stereocenters. The van der Waals surface area contributed by atoms with Crippen LogP contribution in [0.25, 0.3) is 0 Å². The van der Waals surface area contributed by atoms with Crippen molar-refractivity contribution in [3.63, 3.8) is 0 Å². The highest BCUT2D eigenvalue weighted by Crippen LogP contribution is 2.31. The molecule has 0 spiro atoms. The molecular weight excluding hydrogens is 482 g/mol. The molecule has 0 saturated heterocycles. The maximum Gasteiger partial charge on any atom is 0.277 e. The standard InChI is InChI=1S/C18H19Br2N3O4/c1-11-6-16(15(20)8-14(11)19)27-10-18(25)23-22-12(2)7-17(24)21-9-13-4-3-5-26-13/h3-6,8H,7,9-10H2,1-2H3,(H,21,24)(H,23,25). The second kappa shape index (κ2) is 10.3. The smallest absolute Gasteiger partial charge is 0.277 e. The van der Waals surface area contributed by atoms with Crippen LogP contribution in [0, 0.1) is 6.92 Å². The van der Waals surface area contributed by atoms with Crippen LogP contribution in [0.3, 0.4) is 0 Å². The average molecular weight is 501 g/mol. The van der Waals surface area contributed by atoms with Crippen molar-refractivity contribution in [1.82, 2.24) is 10.7 Å². The van der Waals surface area contributed by atoms with Crippen molar-refractivity contribution in [3.8, 4) is 5.75 Å². The highest BCUT2D eigenvalue weighted by atomic mass is 79.9. The molecule has 2 aromatic rings. The molecule has 0 unspecified atom stereocenters. The number of hydrazone groups is 1. The van der Waals surface area contributed by atoms with Crippen LogP contribution >= 0.6 is 31.9 Å². The fraction of sp³-hybridized carbons (Fsp3) is 0.278. The van der Waals surface area contributed by atoms with Gasteiger partial charge in [0.2, 0.25) is 5.91 Å². The minimum atomic E-state index is -0.419. The summed E-state index contributed by atoms with van der Waals surface area (Å²) in [5, 5.41) is 6.62. The monoisotopic (exact) mass is 499 g/mol. The lowest BCUT2D eigenvalue weighted by atomic mass is 10.2. The van der Waals surface area contributed by atoms with Crippen molar-refractivity contribution in [2.24, 2.45) is 5.10 Å². The number of nitrogens with zero attached hydrogens (tertiary/aromatic N) is 1. The first-order valence-electron chi connectivity index (χ1n) is 8.04. The number of halogens is 2. The van der Waals surface area contributed by atoms with Crippen LogP contribution in [0.5, 0.6) is 5.75 Å². The Bertz CT molecular complexity index is 835. The van der Waals surface area contributed by atoms with E-state index in [1.807, 2.05) is 19.1 Å². The van der Waals surface area contributed by atoms with Crippen LogP contribution in [0.2, 0.25) is 0 Å². The van der Waals surface area contributed by atoms with Crippen LogP contribution in [-0.2, 0) is 16.1 Å². The van der Waals surface area contributed by atoms with E-state index in [9.17, 15) is 9.59 Å². The molecule has 2 amide bonds. The molecular formula is C18H19Br2N3O4. The summed E-state index contributed by atoms with van der Waals surface area (Å²) < 4.78 is 12.3. The number of hydrogen-bond donors (Lipinski definition) is 2. The second-order valence-corrected chi connectivity index (χ2v) is 7.44. The van der Waals surface area contributed by atoms with Gasteiger partial charge < -0.3 is 14.5 Å². The predicted octanol–water partition coefficient (Wildman–Crippen LogP) is 3.69. The number of ether oxygens (including phenoxy) is 1. The lowest BCUT2D eigenvalue weighted by Crippen LogP contribution is -2.28. The van der Waals surface area contributed by atoms with E-state index < -0.39 is 5.91 Å². The number of rotatable bonds is 8. The molecule has 1 heterocycles. The van der Waals surface area contributed by atoms with Crippen LogP contribution in [-0.4, -0.2) is 24.1 Å². The van der Waals surface area contributed by atoms with Gasteiger partial charge in [0.25, 0.3) is 5.91 Å². The Balaban J connectivity index is 1.74. The molecule has 0 bridgehead atoms. The first-order valence-corrected chi connectivity index (χ1v) is 9.63. The zero-order valence-corrected chi connectivity index (χ0v) is 18.0. The quantitative estimate of drug-likeness (QED) is 0.427. The Hall–Kier alpha value is -2.13. The Morgan fingerprint density at radius 1 is 1.22 bits per heavy atom. The van der Waals surface area contributed by atoms with E-state index in [-0.39, 0.29) is 18.9 Å². The molecule has 27 heavy (non-hydrogen) atoms. The summed E-state index contributed by atoms with van der Waals surface area (Å²) in [6.07, 6.45) is 1.61. The van der Waals surface area contributed by atoms with Crippen LogP contribution < -0.4 is 15.5 Å². The topological polar surface area (TPSA) is 92.9 Å². The van der Waals surface area contributed by atoms with E-state index in [2.05, 4.69) is 47.7 Å². The maximum atomic E-state index is 11.9. The largest absolute Gasteiger partial charge is 0.483 e. The summed E-state index contributed by atoms with van der Waals surface area (Å²) in [6.45, 7) is 3.69. The van der Waals surface area contributed by atoms with Crippen molar-refractivity contribution in [2.45, 2.75) is 26.8 Å². The highest BCUT2D eigenvalue weighted by molar-refractivity contribution is 9.11. The van der Waals surface area contributed by atoms with Gasteiger partial charge in [-0.05, 0) is 59.6 Å². The third-order valence-electron chi connectivity index (χ3n) is 3.40. The number of aryl methyl sites for hydroxylation is 1. The number of benzene rings is 1. The number of amides is 2. The van der Waals surface area contributed by atoms with E-state index in [1.165, 1.54) is 0 Å². The van der Waals surface area contributed by atoms with Gasteiger partial charge in [-0.3, -0.25) is 9.59 Å². The Morgan fingerprint density at radius 3 is 2.70 bits per heavy atom. The fourth-order valence-corrected chi connectivity index (χ4v) is 3.12. The molecule has 0 aliphatic rings. The lowest BCUT2D eigenvalue weighted by molar-refractivity contribution is -0.123. The fourth-order valence-electron chi connectivity index (χ4n) is 2.01. The minimum Gasteiger partial charge on any atom is -0.483 e. The van der Waals surface area contributed by atoms with Crippen LogP contribution in [0.1, 0.15) is 24.7 Å². The number of furan rings is 1. The number of carbonyl (C=O) groups is 2. The molecule has 9 heteroatoms. The van der Waals surface area contributed by atoms with Gasteiger partial charge in [-0.15, -0.1) is 0 Å². The number of carbonyl (C=O) groups excluding carboxylic acids is 2. The van der Waals surface area contributed by atoms with E-state index in [4.69, 9.17) is 9.15 Å². The third kappa shape index (κ3) is 7.18. The molecule has 0 aliphatic heterocycles. The van der Waals surface area contributed by atoms with Gasteiger partial charge in [-0.1, -0.05) is 15.9 Å². The van der Waals surface area contributed by atoms with E-state index in [0.717, 1.165) is 14.5 Å². The van der Waals surface area contributed by atoms with Crippen LogP contribution in [0.4, 0.5) is 0 Å². The molecule has 1 aromatic heterocycles. The first-order chi connectivity index (χ1) is 12.8. The molecule has 2 rings (SSSR count). The van der Waals surface area contributed by atoms with Crippen molar-refractivity contribution in [2.75, 3.05) is 6.61 Å². The van der Waals surface area contributed by atoms with Crippen molar-refractivity contribution in [3.05, 3.63) is 50.8 Å². The Morgan fingerprint density at radius 2 is 2.00 bits per heavy atom. The first kappa shape index (κ1) is 21.2. The van der Waals surface area contributed by atoms with E-state index in [0.29, 0.717) is 23.8 Å². The zero-order chi connectivity index (χ0) is 19.8. The summed E-state index contributed by atoms with van der Waals surface area (Å²) in [5.74, 6) is 0.590. The summed E-state index contributed by atoms with van der Waals surface area (Å²) in [5.41, 5.74) is 3.84. The lowest BCUT2D eigenvalue weighted by Gasteiger charge is -2.09. The van der Waals surface area contributed by atoms with E-state index >= 15 is 0 Å². The van der Waals surface area contributed by atoms with Gasteiger partial charge in [0, 0.05) is 10.2 Å². The zero-order valence-electron chi connectivity index (χ0n) is 14.8. The van der Waals surface area contributed by atoms with Crippen molar-refractivity contribution in [1.29, 1.82) is 0 Å². The molecule has 144 valence electrons. The number of hydrogen-bond acceptors (Lipinski definition) is 5. The molecule has 2 N–H and O–H groups in total. The predicted molar refractivity (Wildman–Crippen MR) is 108 cm³/mol. The van der Waals surface area contributed by atoms with Gasteiger partial charge >= 0.3 is 0 Å². The molecule has 7 nitrogen and oxygen atoms in total. The summed E-state index contributed by atoms with van der Waals surface area (Å²) >= 11 is 6.81. The molecule has 0 saturated carbocycles. The Labute approximate surface area is 173 Å². The Kier molecular flexibility index (Phi) is 8.05. The van der Waals surface area contributed by atoms with Gasteiger partial charge in [0.15, 0.2) is 6.61 Å². The average Bonchev–Trinajstić information content (AvgIpc) is 3.13. The van der Waals surface area contributed by atoms with Gasteiger partial charge in [0.1, 0.15) is 11.5 Å². The summed E-state index contributed by atoms with van der Waals surface area (Å²) in [6, 6.07) is 7.19. The molecule has 0 aliphatic carbocycles. The number of nitrogens with one attached hydrogen (secondary N) is 2. The van der Waals surface area contributed by atoms with Crippen LogP contribution in [0.15, 0.2) is 49.0 Å². The van der Waals surface area contributed by atoms with Gasteiger partial charge in [-0.25, -0.2) is 5.43 Å². The summed E-state index contributed by atoms with van der Waals surface area (Å²) in [4.78, 5) is 23.7. The summed E-state index contributed by atoms with van der Waals surface area (Å²) in [7, 11) is 0. The normalized spacial score (nSPS) is 11.2. The molecule has 1 aromatic carbocycles. The van der Waals surface area contributed by atoms with Crippen molar-refractivity contribution >= 4 is 49.4 Å². The third-order valence-corrected chi connectivity index (χ3v) is 4.87. The van der Waals surface area contributed by atoms with Gasteiger partial charge in [-0.2, -0.15) is 5.10 Å². The van der Waals surface area contributed by atoms with E-state index in [1.54, 1.807) is 25.3 Å².